The van der Waals surface area contributed by atoms with Gasteiger partial charge in [0.1, 0.15) is 11.1 Å². The van der Waals surface area contributed by atoms with E-state index in [0.29, 0.717) is 11.3 Å². The van der Waals surface area contributed by atoms with Crippen LogP contribution in [0.25, 0.3) is 0 Å². The van der Waals surface area contributed by atoms with Gasteiger partial charge in [0.15, 0.2) is 0 Å². The summed E-state index contributed by atoms with van der Waals surface area (Å²) in [6.45, 7) is 0.113. The summed E-state index contributed by atoms with van der Waals surface area (Å²) in [5.41, 5.74) is 1.42. The van der Waals surface area contributed by atoms with Gasteiger partial charge in [0.05, 0.1) is 13.2 Å². The number of aliphatic hydroxyl groups is 1. The predicted molar refractivity (Wildman–Crippen MR) is 86.0 cm³/mol. The highest BCUT2D eigenvalue weighted by atomic mass is 35.5. The monoisotopic (exact) mass is 319 g/mol. The summed E-state index contributed by atoms with van der Waals surface area (Å²) in [5.74, 6) is 0.356. The molecule has 22 heavy (non-hydrogen) atoms. The minimum Gasteiger partial charge on any atom is -0.497 e. The molecule has 0 aromatic heterocycles. The van der Waals surface area contributed by atoms with E-state index in [1.54, 1.807) is 43.5 Å². The normalized spacial score (nSPS) is 13.2. The lowest BCUT2D eigenvalue weighted by Gasteiger charge is -2.15. The van der Waals surface area contributed by atoms with Crippen LogP contribution in [0, 0.1) is 0 Å². The molecule has 2 aromatic rings. The zero-order chi connectivity index (χ0) is 15.9. The van der Waals surface area contributed by atoms with Gasteiger partial charge in [-0.05, 0) is 23.3 Å². The number of carbonyl (C=O) groups is 1. The lowest BCUT2D eigenvalue weighted by Crippen LogP contribution is -2.31. The Morgan fingerprint density at radius 1 is 1.14 bits per heavy atom. The number of ether oxygens (including phenoxy) is 1. The van der Waals surface area contributed by atoms with Crippen LogP contribution in [-0.2, 0) is 4.79 Å². The summed E-state index contributed by atoms with van der Waals surface area (Å²) in [5, 5.41) is 11.9. The van der Waals surface area contributed by atoms with E-state index in [2.05, 4.69) is 5.32 Å². The molecule has 0 aliphatic heterocycles. The lowest BCUT2D eigenvalue weighted by molar-refractivity contribution is -0.121. The van der Waals surface area contributed by atoms with E-state index in [1.807, 2.05) is 18.2 Å². The molecule has 2 atom stereocenters. The van der Waals surface area contributed by atoms with E-state index >= 15 is 0 Å². The van der Waals surface area contributed by atoms with Crippen molar-refractivity contribution in [3.05, 3.63) is 65.7 Å². The van der Waals surface area contributed by atoms with Crippen molar-refractivity contribution >= 4 is 17.5 Å². The van der Waals surface area contributed by atoms with Gasteiger partial charge in [0.25, 0.3) is 0 Å². The molecule has 0 aliphatic carbocycles. The van der Waals surface area contributed by atoms with Gasteiger partial charge < -0.3 is 15.2 Å². The number of hydrogen-bond donors (Lipinski definition) is 2. The second-order valence-corrected chi connectivity index (χ2v) is 5.24. The molecule has 1 amide bonds. The van der Waals surface area contributed by atoms with E-state index in [1.165, 1.54) is 0 Å². The van der Waals surface area contributed by atoms with Crippen molar-refractivity contribution in [1.82, 2.24) is 5.32 Å². The molecule has 2 unspecified atom stereocenters. The van der Waals surface area contributed by atoms with E-state index in [0.717, 1.165) is 5.56 Å². The number of benzene rings is 2. The Morgan fingerprint density at radius 2 is 1.77 bits per heavy atom. The van der Waals surface area contributed by atoms with Crippen LogP contribution in [-0.4, -0.2) is 24.7 Å². The molecule has 0 saturated carbocycles. The molecule has 0 radical (unpaired) electrons. The standard InChI is InChI=1S/C17H18ClNO3/c1-22-14-9-7-13(8-10-14)16(18)17(21)19-11-15(20)12-5-3-2-4-6-12/h2-10,15-16,20H,11H2,1H3,(H,19,21). The van der Waals surface area contributed by atoms with Gasteiger partial charge in [-0.3, -0.25) is 4.79 Å². The molecule has 0 aliphatic rings. The second kappa shape index (κ2) is 7.82. The number of alkyl halides is 1. The first-order valence-corrected chi connectivity index (χ1v) is 7.34. The summed E-state index contributed by atoms with van der Waals surface area (Å²) in [6.07, 6.45) is -0.759. The number of hydrogen-bond acceptors (Lipinski definition) is 3. The number of amides is 1. The SMILES string of the molecule is COc1ccc(C(Cl)C(=O)NCC(O)c2ccccc2)cc1. The first-order valence-electron chi connectivity index (χ1n) is 6.90. The fraction of sp³-hybridized carbons (Fsp3) is 0.235. The van der Waals surface area contributed by atoms with Crippen molar-refractivity contribution in [2.75, 3.05) is 13.7 Å². The van der Waals surface area contributed by atoms with Crippen LogP contribution in [0.4, 0.5) is 0 Å². The molecule has 0 heterocycles. The third kappa shape index (κ3) is 4.23. The first-order chi connectivity index (χ1) is 10.6. The van der Waals surface area contributed by atoms with Crippen LogP contribution in [0.1, 0.15) is 22.6 Å². The molecule has 116 valence electrons. The highest BCUT2D eigenvalue weighted by Gasteiger charge is 2.18. The molecule has 0 bridgehead atoms. The molecule has 0 spiro atoms. The smallest absolute Gasteiger partial charge is 0.242 e. The Labute approximate surface area is 134 Å². The third-order valence-corrected chi connectivity index (χ3v) is 3.74. The van der Waals surface area contributed by atoms with Crippen molar-refractivity contribution in [2.45, 2.75) is 11.5 Å². The van der Waals surface area contributed by atoms with Gasteiger partial charge >= 0.3 is 0 Å². The van der Waals surface area contributed by atoms with Gasteiger partial charge in [-0.1, -0.05) is 42.5 Å². The highest BCUT2D eigenvalue weighted by molar-refractivity contribution is 6.30. The van der Waals surface area contributed by atoms with E-state index < -0.39 is 11.5 Å². The summed E-state index contributed by atoms with van der Waals surface area (Å²) in [4.78, 5) is 12.0. The second-order valence-electron chi connectivity index (χ2n) is 4.81. The van der Waals surface area contributed by atoms with Crippen molar-refractivity contribution in [3.8, 4) is 5.75 Å². The Balaban J connectivity index is 1.91. The van der Waals surface area contributed by atoms with E-state index in [-0.39, 0.29) is 12.5 Å². The Morgan fingerprint density at radius 3 is 2.36 bits per heavy atom. The number of methoxy groups -OCH3 is 1. The van der Waals surface area contributed by atoms with Crippen LogP contribution in [0.15, 0.2) is 54.6 Å². The minimum absolute atomic E-state index is 0.113. The molecule has 0 saturated heterocycles. The maximum atomic E-state index is 12.0. The van der Waals surface area contributed by atoms with Gasteiger partial charge in [0, 0.05) is 6.54 Å². The Kier molecular flexibility index (Phi) is 5.81. The van der Waals surface area contributed by atoms with Crippen molar-refractivity contribution in [2.24, 2.45) is 0 Å². The molecule has 2 N–H and O–H groups in total. The quantitative estimate of drug-likeness (QED) is 0.805. The fourth-order valence-corrected chi connectivity index (χ4v) is 2.23. The number of carbonyl (C=O) groups excluding carboxylic acids is 1. The molecular weight excluding hydrogens is 302 g/mol. The number of halogens is 1. The average molecular weight is 320 g/mol. The Bertz CT molecular complexity index is 601. The highest BCUT2D eigenvalue weighted by Crippen LogP contribution is 2.23. The molecule has 2 aromatic carbocycles. The first kappa shape index (κ1) is 16.3. The van der Waals surface area contributed by atoms with Crippen LogP contribution in [0.2, 0.25) is 0 Å². The van der Waals surface area contributed by atoms with Crippen molar-refractivity contribution < 1.29 is 14.6 Å². The van der Waals surface area contributed by atoms with Crippen LogP contribution < -0.4 is 10.1 Å². The maximum absolute atomic E-state index is 12.0. The Hall–Kier alpha value is -2.04. The van der Waals surface area contributed by atoms with Crippen molar-refractivity contribution in [3.63, 3.8) is 0 Å². The topological polar surface area (TPSA) is 58.6 Å². The summed E-state index contributed by atoms with van der Waals surface area (Å²) in [7, 11) is 1.57. The van der Waals surface area contributed by atoms with E-state index in [9.17, 15) is 9.90 Å². The predicted octanol–water partition coefficient (Wildman–Crippen LogP) is 2.82. The summed E-state index contributed by atoms with van der Waals surface area (Å²) < 4.78 is 5.06. The summed E-state index contributed by atoms with van der Waals surface area (Å²) in [6, 6.07) is 16.1. The van der Waals surface area contributed by atoms with Crippen LogP contribution in [0.5, 0.6) is 5.75 Å². The molecule has 4 nitrogen and oxygen atoms in total. The third-order valence-electron chi connectivity index (χ3n) is 3.29. The van der Waals surface area contributed by atoms with Crippen molar-refractivity contribution in [1.29, 1.82) is 0 Å². The summed E-state index contributed by atoms with van der Waals surface area (Å²) >= 11 is 6.15. The van der Waals surface area contributed by atoms with Gasteiger partial charge in [-0.15, -0.1) is 11.6 Å². The number of nitrogens with one attached hydrogen (secondary N) is 1. The van der Waals surface area contributed by atoms with E-state index in [4.69, 9.17) is 16.3 Å². The fourth-order valence-electron chi connectivity index (χ4n) is 2.00. The van der Waals surface area contributed by atoms with Gasteiger partial charge in [0.2, 0.25) is 5.91 Å². The molecule has 0 fully saturated rings. The largest absolute Gasteiger partial charge is 0.497 e. The van der Waals surface area contributed by atoms with Gasteiger partial charge in [-0.2, -0.15) is 0 Å². The molecular formula is C17H18ClNO3. The molecule has 5 heteroatoms. The zero-order valence-corrected chi connectivity index (χ0v) is 13.0. The minimum atomic E-state index is -0.811. The lowest BCUT2D eigenvalue weighted by atomic mass is 10.1. The number of rotatable bonds is 6. The molecule has 2 rings (SSSR count). The van der Waals surface area contributed by atoms with Crippen LogP contribution >= 0.6 is 11.6 Å². The maximum Gasteiger partial charge on any atom is 0.242 e. The van der Waals surface area contributed by atoms with Crippen LogP contribution in [0.3, 0.4) is 0 Å². The zero-order valence-electron chi connectivity index (χ0n) is 12.2. The van der Waals surface area contributed by atoms with Gasteiger partial charge in [-0.25, -0.2) is 0 Å². The average Bonchev–Trinajstić information content (AvgIpc) is 2.59. The number of aliphatic hydroxyl groups excluding tert-OH is 1.